The summed E-state index contributed by atoms with van der Waals surface area (Å²) in [5, 5.41) is 8.82. The molecule has 0 bridgehead atoms. The van der Waals surface area contributed by atoms with Gasteiger partial charge in [-0.15, -0.1) is 0 Å². The molecule has 0 spiro atoms. The number of amides is 1. The van der Waals surface area contributed by atoms with Gasteiger partial charge >= 0.3 is 11.9 Å². The van der Waals surface area contributed by atoms with Gasteiger partial charge in [0.15, 0.2) is 0 Å². The Kier molecular flexibility index (Phi) is 3.21. The van der Waals surface area contributed by atoms with E-state index in [0.29, 0.717) is 0 Å². The molecule has 6 heteroatoms. The molecule has 0 aromatic rings. The van der Waals surface area contributed by atoms with Crippen molar-refractivity contribution in [3.63, 3.8) is 0 Å². The third-order valence-corrected chi connectivity index (χ3v) is 2.83. The minimum atomic E-state index is -1.12. The van der Waals surface area contributed by atoms with Crippen molar-refractivity contribution in [2.45, 2.75) is 25.8 Å². The molecule has 1 N–H and O–H groups in total. The Morgan fingerprint density at radius 3 is 2.44 bits per heavy atom. The number of carboxylic acid groups (broad SMARTS) is 1. The van der Waals surface area contributed by atoms with Gasteiger partial charge in [0.25, 0.3) is 0 Å². The van der Waals surface area contributed by atoms with Crippen LogP contribution in [0.4, 0.5) is 0 Å². The number of hydrogen-bond donors (Lipinski definition) is 1. The van der Waals surface area contributed by atoms with E-state index in [-0.39, 0.29) is 18.9 Å². The van der Waals surface area contributed by atoms with Crippen molar-refractivity contribution in [3.8, 4) is 0 Å². The minimum Gasteiger partial charge on any atom is -0.481 e. The molecular formula is C10H15NO5. The molecule has 1 atom stereocenters. The van der Waals surface area contributed by atoms with E-state index in [9.17, 15) is 14.4 Å². The van der Waals surface area contributed by atoms with E-state index in [0.717, 1.165) is 0 Å². The number of likely N-dealkylation sites (tertiary alicyclic amines) is 1. The standard InChI is InChI=1S/C10H15NO5/c1-10(2,9(15)16-3)11-5-6(8(13)14)4-7(11)12/h6H,4-5H2,1-3H3,(H,13,14). The fraction of sp³-hybridized carbons (Fsp3) is 0.700. The Balaban J connectivity index is 2.86. The molecule has 1 amide bonds. The van der Waals surface area contributed by atoms with E-state index in [4.69, 9.17) is 5.11 Å². The predicted octanol–water partition coefficient (Wildman–Crippen LogP) is -0.129. The first-order chi connectivity index (χ1) is 7.30. The number of rotatable bonds is 3. The maximum absolute atomic E-state index is 11.6. The zero-order chi connectivity index (χ0) is 12.5. The molecule has 1 aliphatic rings. The van der Waals surface area contributed by atoms with Gasteiger partial charge in [-0.1, -0.05) is 0 Å². The van der Waals surface area contributed by atoms with Crippen molar-refractivity contribution >= 4 is 17.8 Å². The van der Waals surface area contributed by atoms with Gasteiger partial charge in [0.1, 0.15) is 5.54 Å². The largest absolute Gasteiger partial charge is 0.481 e. The second-order valence-corrected chi connectivity index (χ2v) is 4.29. The summed E-state index contributed by atoms with van der Waals surface area (Å²) in [6.07, 6.45) is -0.0598. The molecule has 0 aliphatic carbocycles. The molecule has 1 aliphatic heterocycles. The zero-order valence-electron chi connectivity index (χ0n) is 9.52. The van der Waals surface area contributed by atoms with Crippen LogP contribution < -0.4 is 0 Å². The summed E-state index contributed by atoms with van der Waals surface area (Å²) in [6, 6.07) is 0. The highest BCUT2D eigenvalue weighted by Gasteiger charge is 2.45. The highest BCUT2D eigenvalue weighted by molar-refractivity contribution is 5.91. The van der Waals surface area contributed by atoms with Crippen LogP contribution in [0, 0.1) is 5.92 Å². The molecule has 1 fully saturated rings. The Bertz CT molecular complexity index is 336. The molecular weight excluding hydrogens is 214 g/mol. The number of ether oxygens (including phenoxy) is 1. The quantitative estimate of drug-likeness (QED) is 0.681. The van der Waals surface area contributed by atoms with Crippen molar-refractivity contribution in [1.29, 1.82) is 0 Å². The molecule has 0 aromatic heterocycles. The lowest BCUT2D eigenvalue weighted by Gasteiger charge is -2.32. The fourth-order valence-electron chi connectivity index (χ4n) is 1.77. The molecule has 6 nitrogen and oxygen atoms in total. The average molecular weight is 229 g/mol. The van der Waals surface area contributed by atoms with Gasteiger partial charge in [-0.25, -0.2) is 4.79 Å². The van der Waals surface area contributed by atoms with E-state index in [1.165, 1.54) is 12.0 Å². The average Bonchev–Trinajstić information content (AvgIpc) is 2.59. The molecule has 0 aromatic carbocycles. The van der Waals surface area contributed by atoms with Crippen LogP contribution in [0.25, 0.3) is 0 Å². The normalized spacial score (nSPS) is 21.1. The van der Waals surface area contributed by atoms with E-state index < -0.39 is 23.4 Å². The monoisotopic (exact) mass is 229 g/mol. The third kappa shape index (κ3) is 2.00. The summed E-state index contributed by atoms with van der Waals surface area (Å²) in [5.74, 6) is -2.64. The van der Waals surface area contributed by atoms with Crippen molar-refractivity contribution in [2.75, 3.05) is 13.7 Å². The molecule has 0 saturated carbocycles. The lowest BCUT2D eigenvalue weighted by Crippen LogP contribution is -2.51. The van der Waals surface area contributed by atoms with Gasteiger partial charge in [-0.2, -0.15) is 0 Å². The predicted molar refractivity (Wildman–Crippen MR) is 53.6 cm³/mol. The van der Waals surface area contributed by atoms with Gasteiger partial charge in [0, 0.05) is 13.0 Å². The molecule has 16 heavy (non-hydrogen) atoms. The van der Waals surface area contributed by atoms with Crippen LogP contribution in [0.15, 0.2) is 0 Å². The number of carbonyl (C=O) groups is 3. The fourth-order valence-corrected chi connectivity index (χ4v) is 1.77. The van der Waals surface area contributed by atoms with E-state index in [1.807, 2.05) is 0 Å². The first-order valence-electron chi connectivity index (χ1n) is 4.92. The van der Waals surface area contributed by atoms with Gasteiger partial charge in [0.05, 0.1) is 13.0 Å². The topological polar surface area (TPSA) is 83.9 Å². The van der Waals surface area contributed by atoms with Gasteiger partial charge in [0.2, 0.25) is 5.91 Å². The van der Waals surface area contributed by atoms with Crippen LogP contribution in [0.5, 0.6) is 0 Å². The number of carboxylic acids is 1. The second kappa shape index (κ2) is 4.11. The summed E-state index contributed by atoms with van der Waals surface area (Å²) in [5.41, 5.74) is -1.12. The Morgan fingerprint density at radius 1 is 1.50 bits per heavy atom. The number of esters is 1. The summed E-state index contributed by atoms with van der Waals surface area (Å²) in [7, 11) is 1.24. The van der Waals surface area contributed by atoms with Crippen molar-refractivity contribution in [2.24, 2.45) is 5.92 Å². The summed E-state index contributed by atoms with van der Waals surface area (Å²) in [6.45, 7) is 3.14. The van der Waals surface area contributed by atoms with Crippen LogP contribution in [0.1, 0.15) is 20.3 Å². The van der Waals surface area contributed by atoms with Gasteiger partial charge in [-0.3, -0.25) is 9.59 Å². The van der Waals surface area contributed by atoms with Crippen LogP contribution in [0.2, 0.25) is 0 Å². The first-order valence-corrected chi connectivity index (χ1v) is 4.92. The smallest absolute Gasteiger partial charge is 0.331 e. The SMILES string of the molecule is COC(=O)C(C)(C)N1CC(C(=O)O)CC1=O. The molecule has 1 saturated heterocycles. The van der Waals surface area contributed by atoms with E-state index in [2.05, 4.69) is 4.74 Å². The lowest BCUT2D eigenvalue weighted by molar-refractivity contribution is -0.157. The molecule has 0 radical (unpaired) electrons. The highest BCUT2D eigenvalue weighted by atomic mass is 16.5. The highest BCUT2D eigenvalue weighted by Crippen LogP contribution is 2.27. The van der Waals surface area contributed by atoms with Crippen molar-refractivity contribution in [1.82, 2.24) is 4.90 Å². The molecule has 1 unspecified atom stereocenters. The Hall–Kier alpha value is -1.59. The van der Waals surface area contributed by atoms with Crippen molar-refractivity contribution < 1.29 is 24.2 Å². The number of hydrogen-bond acceptors (Lipinski definition) is 4. The van der Waals surface area contributed by atoms with Crippen LogP contribution in [0.3, 0.4) is 0 Å². The number of carbonyl (C=O) groups excluding carboxylic acids is 2. The van der Waals surface area contributed by atoms with Crippen LogP contribution in [-0.4, -0.2) is 47.0 Å². The minimum absolute atomic E-state index is 0.0519. The molecule has 90 valence electrons. The molecule has 1 heterocycles. The van der Waals surface area contributed by atoms with Crippen molar-refractivity contribution in [3.05, 3.63) is 0 Å². The number of aliphatic carboxylic acids is 1. The summed E-state index contributed by atoms with van der Waals surface area (Å²) in [4.78, 5) is 35.1. The van der Waals surface area contributed by atoms with E-state index >= 15 is 0 Å². The van der Waals surface area contributed by atoms with Crippen LogP contribution >= 0.6 is 0 Å². The third-order valence-electron chi connectivity index (χ3n) is 2.83. The maximum Gasteiger partial charge on any atom is 0.331 e. The maximum atomic E-state index is 11.6. The van der Waals surface area contributed by atoms with E-state index in [1.54, 1.807) is 13.8 Å². The van der Waals surface area contributed by atoms with Crippen LogP contribution in [-0.2, 0) is 19.1 Å². The number of methoxy groups -OCH3 is 1. The first kappa shape index (κ1) is 12.5. The second-order valence-electron chi connectivity index (χ2n) is 4.29. The molecule has 1 rings (SSSR count). The van der Waals surface area contributed by atoms with Gasteiger partial charge < -0.3 is 14.7 Å². The number of nitrogens with zero attached hydrogens (tertiary/aromatic N) is 1. The lowest BCUT2D eigenvalue weighted by atomic mass is 10.0. The van der Waals surface area contributed by atoms with Gasteiger partial charge in [-0.05, 0) is 13.8 Å². The Morgan fingerprint density at radius 2 is 2.06 bits per heavy atom. The summed E-state index contributed by atoms with van der Waals surface area (Å²) < 4.78 is 4.59. The zero-order valence-corrected chi connectivity index (χ0v) is 9.52. The summed E-state index contributed by atoms with van der Waals surface area (Å²) >= 11 is 0. The Labute approximate surface area is 93.2 Å².